The van der Waals surface area contributed by atoms with Crippen molar-refractivity contribution in [3.63, 3.8) is 0 Å². The maximum absolute atomic E-state index is 13.0. The fourth-order valence-corrected chi connectivity index (χ4v) is 3.11. The van der Waals surface area contributed by atoms with Crippen molar-refractivity contribution in [3.05, 3.63) is 93.3 Å². The molecule has 0 fully saturated rings. The summed E-state index contributed by atoms with van der Waals surface area (Å²) in [6.07, 6.45) is 0. The van der Waals surface area contributed by atoms with Crippen LogP contribution in [0.2, 0.25) is 5.02 Å². The van der Waals surface area contributed by atoms with Gasteiger partial charge in [0.1, 0.15) is 28.6 Å². The van der Waals surface area contributed by atoms with Gasteiger partial charge in [-0.15, -0.1) is 0 Å². The van der Waals surface area contributed by atoms with Gasteiger partial charge in [0.2, 0.25) is 11.2 Å². The van der Waals surface area contributed by atoms with E-state index >= 15 is 0 Å². The minimum absolute atomic E-state index is 0.0756. The molecule has 4 aromatic rings. The van der Waals surface area contributed by atoms with Crippen LogP contribution in [0.15, 0.2) is 75.9 Å². The van der Waals surface area contributed by atoms with E-state index in [1.165, 1.54) is 18.2 Å². The van der Waals surface area contributed by atoms with Gasteiger partial charge in [0.05, 0.1) is 18.1 Å². The van der Waals surface area contributed by atoms with Crippen LogP contribution in [0.3, 0.4) is 0 Å². The molecule has 3 aromatic carbocycles. The fraction of sp³-hybridized carbons (Fsp3) is 0.0833. The quantitative estimate of drug-likeness (QED) is 0.292. The molecule has 0 unspecified atom stereocenters. The summed E-state index contributed by atoms with van der Waals surface area (Å²) in [6.45, 7) is 1.63. The Morgan fingerprint density at radius 1 is 0.935 bits per heavy atom. The minimum Gasteiger partial charge on any atom is -0.497 e. The molecule has 1 aromatic heterocycles. The van der Waals surface area contributed by atoms with Crippen LogP contribution < -0.4 is 19.6 Å². The topological polar surface area (TPSA) is 75.0 Å². The number of hydrogen-bond donors (Lipinski definition) is 0. The average molecular weight is 437 g/mol. The van der Waals surface area contributed by atoms with Crippen molar-refractivity contribution in [2.24, 2.45) is 0 Å². The van der Waals surface area contributed by atoms with Crippen LogP contribution in [0.1, 0.15) is 16.1 Å². The lowest BCUT2D eigenvalue weighted by Gasteiger charge is -2.10. The van der Waals surface area contributed by atoms with Crippen molar-refractivity contribution in [3.8, 4) is 23.0 Å². The first-order chi connectivity index (χ1) is 14.9. The second kappa shape index (κ2) is 8.53. The van der Waals surface area contributed by atoms with Crippen LogP contribution in [-0.4, -0.2) is 13.1 Å². The molecular formula is C24H17ClO6. The first-order valence-electron chi connectivity index (χ1n) is 9.32. The predicted molar refractivity (Wildman–Crippen MR) is 117 cm³/mol. The second-order valence-electron chi connectivity index (χ2n) is 6.65. The number of aryl methyl sites for hydroxylation is 1. The minimum atomic E-state index is -0.548. The van der Waals surface area contributed by atoms with Crippen molar-refractivity contribution in [1.82, 2.24) is 0 Å². The van der Waals surface area contributed by atoms with Gasteiger partial charge in [-0.1, -0.05) is 17.7 Å². The molecule has 6 nitrogen and oxygen atoms in total. The Morgan fingerprint density at radius 2 is 1.68 bits per heavy atom. The van der Waals surface area contributed by atoms with E-state index in [0.29, 0.717) is 33.2 Å². The van der Waals surface area contributed by atoms with Gasteiger partial charge in [0.25, 0.3) is 0 Å². The lowest BCUT2D eigenvalue weighted by Crippen LogP contribution is -2.10. The van der Waals surface area contributed by atoms with E-state index in [4.69, 9.17) is 30.2 Å². The maximum atomic E-state index is 13.0. The Morgan fingerprint density at radius 3 is 2.42 bits per heavy atom. The summed E-state index contributed by atoms with van der Waals surface area (Å²) in [5, 5.41) is 0.821. The van der Waals surface area contributed by atoms with Gasteiger partial charge in [0.15, 0.2) is 0 Å². The summed E-state index contributed by atoms with van der Waals surface area (Å²) in [4.78, 5) is 25.3. The zero-order valence-corrected chi connectivity index (χ0v) is 17.4. The SMILES string of the molecule is COc1cccc(Oc2c(C)oc3cc(OC(=O)c4ccc(Cl)cc4)ccc3c2=O)c1. The van der Waals surface area contributed by atoms with Crippen LogP contribution >= 0.6 is 11.6 Å². The van der Waals surface area contributed by atoms with Crippen LogP contribution in [0.25, 0.3) is 11.0 Å². The number of benzene rings is 3. The number of ether oxygens (including phenoxy) is 3. The summed E-state index contributed by atoms with van der Waals surface area (Å²) in [5.41, 5.74) is 0.295. The highest BCUT2D eigenvalue weighted by Crippen LogP contribution is 2.29. The molecule has 0 aliphatic heterocycles. The van der Waals surface area contributed by atoms with E-state index in [1.54, 1.807) is 62.6 Å². The zero-order chi connectivity index (χ0) is 22.0. The molecule has 0 saturated carbocycles. The number of carbonyl (C=O) groups is 1. The molecule has 0 aliphatic rings. The van der Waals surface area contributed by atoms with Crippen LogP contribution in [0, 0.1) is 6.92 Å². The molecule has 0 amide bonds. The summed E-state index contributed by atoms with van der Waals surface area (Å²) < 4.78 is 22.1. The van der Waals surface area contributed by atoms with Gasteiger partial charge >= 0.3 is 5.97 Å². The third kappa shape index (κ3) is 4.39. The first kappa shape index (κ1) is 20.5. The highest BCUT2D eigenvalue weighted by atomic mass is 35.5. The monoisotopic (exact) mass is 436 g/mol. The molecule has 0 bridgehead atoms. The standard InChI is InChI=1S/C24H17ClO6/c1-14-23(30-18-5-3-4-17(12-18)28-2)22(26)20-11-10-19(13-21(20)29-14)31-24(27)15-6-8-16(25)9-7-15/h3-13H,1-2H3. The number of halogens is 1. The van der Waals surface area contributed by atoms with E-state index in [-0.39, 0.29) is 22.5 Å². The van der Waals surface area contributed by atoms with E-state index < -0.39 is 5.97 Å². The predicted octanol–water partition coefficient (Wildman–Crippen LogP) is 5.77. The van der Waals surface area contributed by atoms with E-state index in [1.807, 2.05) is 0 Å². The van der Waals surface area contributed by atoms with Crippen molar-refractivity contribution in [2.75, 3.05) is 7.11 Å². The highest BCUT2D eigenvalue weighted by molar-refractivity contribution is 6.30. The van der Waals surface area contributed by atoms with Crippen LogP contribution in [-0.2, 0) is 0 Å². The number of hydrogen-bond acceptors (Lipinski definition) is 6. The molecule has 0 spiro atoms. The van der Waals surface area contributed by atoms with Crippen molar-refractivity contribution < 1.29 is 23.4 Å². The normalized spacial score (nSPS) is 10.7. The summed E-state index contributed by atoms with van der Waals surface area (Å²) in [7, 11) is 1.55. The Hall–Kier alpha value is -3.77. The smallest absolute Gasteiger partial charge is 0.343 e. The lowest BCUT2D eigenvalue weighted by molar-refractivity contribution is 0.0735. The Labute approximate surface area is 182 Å². The fourth-order valence-electron chi connectivity index (χ4n) is 2.98. The Bertz CT molecular complexity index is 1320. The Balaban J connectivity index is 1.63. The van der Waals surface area contributed by atoms with Crippen molar-refractivity contribution >= 4 is 28.5 Å². The molecule has 0 aliphatic carbocycles. The summed E-state index contributed by atoms with van der Waals surface area (Å²) in [5.74, 6) is 1.12. The molecule has 0 atom stereocenters. The van der Waals surface area contributed by atoms with Crippen LogP contribution in [0.5, 0.6) is 23.0 Å². The Kier molecular flexibility index (Phi) is 5.64. The van der Waals surface area contributed by atoms with Gasteiger partial charge in [0, 0.05) is 17.2 Å². The lowest BCUT2D eigenvalue weighted by atomic mass is 10.2. The number of carbonyl (C=O) groups excluding carboxylic acids is 1. The summed E-state index contributed by atoms with van der Waals surface area (Å²) in [6, 6.07) is 17.8. The first-order valence-corrected chi connectivity index (χ1v) is 9.69. The van der Waals surface area contributed by atoms with Crippen LogP contribution in [0.4, 0.5) is 0 Å². The molecule has 31 heavy (non-hydrogen) atoms. The molecular weight excluding hydrogens is 420 g/mol. The molecule has 4 rings (SSSR count). The van der Waals surface area contributed by atoms with Gasteiger partial charge in [-0.25, -0.2) is 4.79 Å². The zero-order valence-electron chi connectivity index (χ0n) is 16.7. The van der Waals surface area contributed by atoms with E-state index in [9.17, 15) is 9.59 Å². The van der Waals surface area contributed by atoms with Gasteiger partial charge < -0.3 is 18.6 Å². The van der Waals surface area contributed by atoms with E-state index in [2.05, 4.69) is 0 Å². The number of rotatable bonds is 5. The van der Waals surface area contributed by atoms with Crippen molar-refractivity contribution in [1.29, 1.82) is 0 Å². The molecule has 0 N–H and O–H groups in total. The third-order valence-corrected chi connectivity index (χ3v) is 4.79. The summed E-state index contributed by atoms with van der Waals surface area (Å²) >= 11 is 5.84. The van der Waals surface area contributed by atoms with Gasteiger partial charge in [-0.2, -0.15) is 0 Å². The molecule has 1 heterocycles. The third-order valence-electron chi connectivity index (χ3n) is 4.54. The van der Waals surface area contributed by atoms with E-state index in [0.717, 1.165) is 0 Å². The van der Waals surface area contributed by atoms with Crippen molar-refractivity contribution in [2.45, 2.75) is 6.92 Å². The molecule has 0 saturated heterocycles. The van der Waals surface area contributed by atoms with Gasteiger partial charge in [-0.3, -0.25) is 4.79 Å². The molecule has 156 valence electrons. The molecule has 7 heteroatoms. The highest BCUT2D eigenvalue weighted by Gasteiger charge is 2.16. The number of methoxy groups -OCH3 is 1. The second-order valence-corrected chi connectivity index (χ2v) is 7.09. The average Bonchev–Trinajstić information content (AvgIpc) is 2.77. The van der Waals surface area contributed by atoms with Gasteiger partial charge in [-0.05, 0) is 55.5 Å². The number of fused-ring (bicyclic) bond motifs is 1. The maximum Gasteiger partial charge on any atom is 0.343 e. The largest absolute Gasteiger partial charge is 0.497 e. The molecule has 0 radical (unpaired) electrons. The number of esters is 1.